The van der Waals surface area contributed by atoms with Crippen molar-refractivity contribution in [3.8, 4) is 0 Å². The second-order valence-corrected chi connectivity index (χ2v) is 16.7. The molecular weight excluding hydrogens is 468 g/mol. The largest absolute Gasteiger partial charge is 0.287 e. The minimum atomic E-state index is 0.411. The number of rotatable bonds is 8. The van der Waals surface area contributed by atoms with Crippen LogP contribution in [0.4, 0.5) is 0 Å². The van der Waals surface area contributed by atoms with Gasteiger partial charge in [-0.1, -0.05) is 96.6 Å². The molecule has 4 fully saturated rings. The monoisotopic (exact) mass is 526 g/mol. The normalized spacial score (nSPS) is 41.0. The Labute approximate surface area is 234 Å². The first-order valence-electron chi connectivity index (χ1n) is 16.6. The van der Waals surface area contributed by atoms with Crippen molar-refractivity contribution in [2.24, 2.45) is 52.3 Å². The van der Waals surface area contributed by atoms with Crippen LogP contribution in [0.3, 0.4) is 0 Å². The lowest BCUT2D eigenvalue weighted by atomic mass is 9.47. The molecule has 0 heterocycles. The van der Waals surface area contributed by atoms with E-state index in [2.05, 4.69) is 40.7 Å². The number of carbonyl (C=O) groups is 1. The summed E-state index contributed by atoms with van der Waals surface area (Å²) in [5.41, 5.74) is 2.75. The molecule has 0 aromatic carbocycles. The van der Waals surface area contributed by atoms with E-state index in [1.165, 1.54) is 103 Å². The number of hydrogen-bond donors (Lipinski definition) is 0. The molecule has 37 heavy (non-hydrogen) atoms. The van der Waals surface area contributed by atoms with Crippen molar-refractivity contribution in [2.45, 2.75) is 149 Å². The highest BCUT2D eigenvalue weighted by molar-refractivity contribution is 8.14. The molecule has 5 aliphatic carbocycles. The van der Waals surface area contributed by atoms with E-state index in [-0.39, 0.29) is 0 Å². The van der Waals surface area contributed by atoms with Crippen LogP contribution < -0.4 is 0 Å². The van der Waals surface area contributed by atoms with Crippen LogP contribution in [0.1, 0.15) is 144 Å². The van der Waals surface area contributed by atoms with Crippen LogP contribution in [-0.2, 0) is 4.79 Å². The summed E-state index contributed by atoms with van der Waals surface area (Å²) in [6, 6.07) is 0. The molecule has 0 aliphatic heterocycles. The summed E-state index contributed by atoms with van der Waals surface area (Å²) in [6.45, 7) is 12.7. The molecule has 0 radical (unpaired) electrons. The first kappa shape index (κ1) is 28.3. The fraction of sp³-hybridized carbons (Fsp3) is 0.914. The van der Waals surface area contributed by atoms with E-state index < -0.39 is 0 Å². The molecule has 5 aliphatic rings. The zero-order chi connectivity index (χ0) is 26.2. The van der Waals surface area contributed by atoms with Crippen molar-refractivity contribution in [3.63, 3.8) is 0 Å². The lowest BCUT2D eigenvalue weighted by Crippen LogP contribution is -2.50. The molecule has 0 saturated heterocycles. The summed E-state index contributed by atoms with van der Waals surface area (Å²) in [4.78, 5) is 12.9. The van der Waals surface area contributed by atoms with Gasteiger partial charge in [0.2, 0.25) is 0 Å². The van der Waals surface area contributed by atoms with Gasteiger partial charge in [-0.3, -0.25) is 4.79 Å². The first-order valence-corrected chi connectivity index (χ1v) is 17.5. The Morgan fingerprint density at radius 3 is 2.49 bits per heavy atom. The van der Waals surface area contributed by atoms with Crippen LogP contribution in [0.25, 0.3) is 0 Å². The summed E-state index contributed by atoms with van der Waals surface area (Å²) in [7, 11) is 0. The Kier molecular flexibility index (Phi) is 8.95. The lowest BCUT2D eigenvalue weighted by molar-refractivity contribution is -0.112. The van der Waals surface area contributed by atoms with E-state index in [0.29, 0.717) is 27.1 Å². The minimum absolute atomic E-state index is 0.411. The van der Waals surface area contributed by atoms with Gasteiger partial charge in [-0.05, 0) is 116 Å². The SMILES string of the molecule is CC(C)CCC[C@H](C)[C@H]1CC[C@H]2[C@@H]3CC=C4C[C@@H](SC(=O)CC5CCCCC5)CC[C@]4(C)[C@H]3CC[C@]12C. The maximum atomic E-state index is 12.9. The van der Waals surface area contributed by atoms with E-state index in [1.54, 1.807) is 17.3 Å². The van der Waals surface area contributed by atoms with Crippen LogP contribution in [0, 0.1) is 52.3 Å². The minimum Gasteiger partial charge on any atom is -0.287 e. The van der Waals surface area contributed by atoms with Crippen LogP contribution >= 0.6 is 11.8 Å². The van der Waals surface area contributed by atoms with Gasteiger partial charge in [0.15, 0.2) is 5.12 Å². The van der Waals surface area contributed by atoms with Gasteiger partial charge >= 0.3 is 0 Å². The highest BCUT2D eigenvalue weighted by Gasteiger charge is 2.59. The van der Waals surface area contributed by atoms with E-state index in [4.69, 9.17) is 0 Å². The van der Waals surface area contributed by atoms with Crippen LogP contribution in [0.2, 0.25) is 0 Å². The van der Waals surface area contributed by atoms with Gasteiger partial charge in [0.1, 0.15) is 0 Å². The van der Waals surface area contributed by atoms with Gasteiger partial charge in [-0.25, -0.2) is 0 Å². The van der Waals surface area contributed by atoms with E-state index in [9.17, 15) is 4.79 Å². The van der Waals surface area contributed by atoms with Gasteiger partial charge in [-0.2, -0.15) is 0 Å². The third-order valence-corrected chi connectivity index (χ3v) is 13.9. The number of hydrogen-bond acceptors (Lipinski definition) is 2. The Morgan fingerprint density at radius 1 is 0.946 bits per heavy atom. The summed E-state index contributed by atoms with van der Waals surface area (Å²) in [6.07, 6.45) is 25.5. The van der Waals surface area contributed by atoms with Crippen molar-refractivity contribution < 1.29 is 4.79 Å². The Bertz CT molecular complexity index is 823. The topological polar surface area (TPSA) is 17.1 Å². The predicted octanol–water partition coefficient (Wildman–Crippen LogP) is 10.6. The molecular formula is C35H58OS. The molecule has 1 nitrogen and oxygen atoms in total. The van der Waals surface area contributed by atoms with Crippen molar-refractivity contribution >= 4 is 16.9 Å². The quantitative estimate of drug-likeness (QED) is 0.293. The number of thioether (sulfide) groups is 1. The van der Waals surface area contributed by atoms with Crippen molar-refractivity contribution in [2.75, 3.05) is 0 Å². The summed E-state index contributed by atoms with van der Waals surface area (Å²) >= 11 is 1.74. The van der Waals surface area contributed by atoms with Crippen molar-refractivity contribution in [1.29, 1.82) is 0 Å². The Balaban J connectivity index is 1.20. The van der Waals surface area contributed by atoms with Gasteiger partial charge < -0.3 is 0 Å². The molecule has 0 N–H and O–H groups in total. The molecule has 0 spiro atoms. The van der Waals surface area contributed by atoms with Gasteiger partial charge in [0.25, 0.3) is 0 Å². The van der Waals surface area contributed by atoms with Crippen LogP contribution in [0.15, 0.2) is 11.6 Å². The fourth-order valence-electron chi connectivity index (χ4n) is 10.6. The zero-order valence-corrected chi connectivity index (χ0v) is 25.8. The number of allylic oxidation sites excluding steroid dienone is 2. The second-order valence-electron chi connectivity index (χ2n) is 15.4. The summed E-state index contributed by atoms with van der Waals surface area (Å²) < 4.78 is 0. The highest BCUT2D eigenvalue weighted by atomic mass is 32.2. The standard InChI is InChI=1S/C35H58OS/c1-24(2)10-9-11-25(3)30-16-17-31-29-15-14-27-23-28(37-33(36)22-26-12-7-6-8-13-26)18-20-34(27,4)32(29)19-21-35(30,31)5/h14,24-26,28-32H,6-13,15-23H2,1-5H3/t25-,28-,29-,30+,31-,32-,34-,35+/m0/s1. The molecule has 0 amide bonds. The molecule has 8 atom stereocenters. The maximum Gasteiger partial charge on any atom is 0.189 e. The highest BCUT2D eigenvalue weighted by Crippen LogP contribution is 2.67. The second kappa shape index (κ2) is 11.7. The smallest absolute Gasteiger partial charge is 0.189 e. The molecule has 0 aromatic rings. The van der Waals surface area contributed by atoms with Crippen molar-refractivity contribution in [1.82, 2.24) is 0 Å². The van der Waals surface area contributed by atoms with Gasteiger partial charge in [-0.15, -0.1) is 0 Å². The van der Waals surface area contributed by atoms with Crippen LogP contribution in [0.5, 0.6) is 0 Å². The van der Waals surface area contributed by atoms with Gasteiger partial charge in [0, 0.05) is 11.7 Å². The molecule has 5 rings (SSSR count). The third kappa shape index (κ3) is 5.81. The van der Waals surface area contributed by atoms with Crippen LogP contribution in [-0.4, -0.2) is 10.4 Å². The summed E-state index contributed by atoms with van der Waals surface area (Å²) in [5, 5.41) is 1.05. The average molecular weight is 527 g/mol. The molecule has 2 heteroatoms. The molecule has 0 aromatic heterocycles. The zero-order valence-electron chi connectivity index (χ0n) is 25.0. The summed E-state index contributed by atoms with van der Waals surface area (Å²) in [5.74, 6) is 6.13. The van der Waals surface area contributed by atoms with E-state index in [0.717, 1.165) is 41.9 Å². The molecule has 4 saturated carbocycles. The Morgan fingerprint density at radius 2 is 1.73 bits per heavy atom. The molecule has 0 unspecified atom stereocenters. The average Bonchev–Trinajstić information content (AvgIpc) is 3.22. The number of fused-ring (bicyclic) bond motifs is 5. The predicted molar refractivity (Wildman–Crippen MR) is 161 cm³/mol. The van der Waals surface area contributed by atoms with Gasteiger partial charge in [0.05, 0.1) is 0 Å². The third-order valence-electron chi connectivity index (χ3n) is 12.7. The fourth-order valence-corrected chi connectivity index (χ4v) is 11.8. The maximum absolute atomic E-state index is 12.9. The van der Waals surface area contributed by atoms with Crippen molar-refractivity contribution in [3.05, 3.63) is 11.6 Å². The first-order chi connectivity index (χ1) is 17.7. The Hall–Kier alpha value is -0.240. The molecule has 210 valence electrons. The molecule has 0 bridgehead atoms. The van der Waals surface area contributed by atoms with E-state index >= 15 is 0 Å². The number of carbonyl (C=O) groups excluding carboxylic acids is 1. The lowest BCUT2D eigenvalue weighted by Gasteiger charge is -2.58. The van der Waals surface area contributed by atoms with E-state index in [1.807, 2.05) is 0 Å².